The van der Waals surface area contributed by atoms with Crippen LogP contribution < -0.4 is 10.6 Å². The molecule has 0 aliphatic carbocycles. The molecule has 3 rings (SSSR count). The van der Waals surface area contributed by atoms with Crippen molar-refractivity contribution in [3.63, 3.8) is 0 Å². The molecule has 1 aromatic heterocycles. The molecule has 0 radical (unpaired) electrons. The first-order chi connectivity index (χ1) is 10.2. The second-order valence-corrected chi connectivity index (χ2v) is 6.93. The van der Waals surface area contributed by atoms with E-state index in [1.165, 1.54) is 11.8 Å². The number of thiophene rings is 1. The van der Waals surface area contributed by atoms with Gasteiger partial charge in [0.1, 0.15) is 0 Å². The summed E-state index contributed by atoms with van der Waals surface area (Å²) < 4.78 is 0. The molecule has 1 atom stereocenters. The molecule has 0 saturated heterocycles. The number of hydrogen-bond donors (Lipinski definition) is 2. The molecule has 2 N–H and O–H groups in total. The minimum absolute atomic E-state index is 0.101. The first-order valence-electron chi connectivity index (χ1n) is 6.58. The van der Waals surface area contributed by atoms with Crippen LogP contribution in [0.25, 0.3) is 0 Å². The highest BCUT2D eigenvalue weighted by Crippen LogP contribution is 2.36. The summed E-state index contributed by atoms with van der Waals surface area (Å²) in [4.78, 5) is 26.1. The highest BCUT2D eigenvalue weighted by molar-refractivity contribution is 8.01. The summed E-state index contributed by atoms with van der Waals surface area (Å²) in [6.07, 6.45) is 0.191. The predicted molar refractivity (Wildman–Crippen MR) is 85.5 cm³/mol. The van der Waals surface area contributed by atoms with E-state index in [4.69, 9.17) is 0 Å². The zero-order valence-corrected chi connectivity index (χ0v) is 12.8. The minimum Gasteiger partial charge on any atom is -0.351 e. The molecule has 0 spiro atoms. The molecule has 0 saturated carbocycles. The Bertz CT molecular complexity index is 655. The average molecular weight is 318 g/mol. The molecular weight excluding hydrogens is 304 g/mol. The number of rotatable bonds is 4. The quantitative estimate of drug-likeness (QED) is 0.911. The second kappa shape index (κ2) is 6.32. The van der Waals surface area contributed by atoms with Crippen molar-refractivity contribution in [2.45, 2.75) is 23.1 Å². The first-order valence-corrected chi connectivity index (χ1v) is 8.34. The van der Waals surface area contributed by atoms with Gasteiger partial charge < -0.3 is 10.6 Å². The van der Waals surface area contributed by atoms with Crippen LogP contribution >= 0.6 is 23.1 Å². The monoisotopic (exact) mass is 318 g/mol. The molecule has 0 fully saturated rings. The normalized spacial score (nSPS) is 17.0. The smallest absolute Gasteiger partial charge is 0.238 e. The minimum atomic E-state index is -0.372. The van der Waals surface area contributed by atoms with Crippen molar-refractivity contribution in [2.24, 2.45) is 0 Å². The standard InChI is InChI=1S/C15H14N2O2S2/c18-14(16-9-10-4-3-7-20-10)8-13-15(19)17-11-5-1-2-6-12(11)21-13/h1-7,13H,8-9H2,(H,16,18)(H,17,19)/t13-/m1/s1. The SMILES string of the molecule is O=C(C[C@H]1Sc2ccccc2NC1=O)NCc1cccs1. The Morgan fingerprint density at radius 1 is 1.24 bits per heavy atom. The topological polar surface area (TPSA) is 58.2 Å². The summed E-state index contributed by atoms with van der Waals surface area (Å²) in [6.45, 7) is 0.520. The third-order valence-corrected chi connectivity index (χ3v) is 5.27. The van der Waals surface area contributed by atoms with Gasteiger partial charge in [-0.1, -0.05) is 18.2 Å². The zero-order chi connectivity index (χ0) is 14.7. The van der Waals surface area contributed by atoms with Crippen LogP contribution in [0.3, 0.4) is 0 Å². The molecule has 6 heteroatoms. The highest BCUT2D eigenvalue weighted by Gasteiger charge is 2.28. The van der Waals surface area contributed by atoms with E-state index in [0.717, 1.165) is 15.5 Å². The highest BCUT2D eigenvalue weighted by atomic mass is 32.2. The van der Waals surface area contributed by atoms with Crippen molar-refractivity contribution in [3.05, 3.63) is 46.7 Å². The van der Waals surface area contributed by atoms with Crippen molar-refractivity contribution >= 4 is 40.6 Å². The molecule has 108 valence electrons. The van der Waals surface area contributed by atoms with Crippen LogP contribution in [0.1, 0.15) is 11.3 Å². The van der Waals surface area contributed by atoms with Crippen LogP contribution in [0.15, 0.2) is 46.7 Å². The van der Waals surface area contributed by atoms with Gasteiger partial charge in [0, 0.05) is 16.2 Å². The number of carbonyl (C=O) groups excluding carboxylic acids is 2. The number of carbonyl (C=O) groups is 2. The lowest BCUT2D eigenvalue weighted by molar-refractivity contribution is -0.124. The Hall–Kier alpha value is -1.79. The van der Waals surface area contributed by atoms with Crippen molar-refractivity contribution in [1.82, 2.24) is 5.32 Å². The van der Waals surface area contributed by atoms with E-state index in [1.807, 2.05) is 41.8 Å². The van der Waals surface area contributed by atoms with Gasteiger partial charge in [0.05, 0.1) is 17.5 Å². The molecule has 0 unspecified atom stereocenters. The number of fused-ring (bicyclic) bond motifs is 1. The fraction of sp³-hybridized carbons (Fsp3) is 0.200. The third kappa shape index (κ3) is 3.46. The third-order valence-electron chi connectivity index (χ3n) is 3.12. The molecule has 1 aliphatic rings. The van der Waals surface area contributed by atoms with Crippen LogP contribution in [0.5, 0.6) is 0 Å². The Kier molecular flexibility index (Phi) is 4.26. The van der Waals surface area contributed by atoms with Crippen LogP contribution in [-0.2, 0) is 16.1 Å². The molecule has 2 heterocycles. The second-order valence-electron chi connectivity index (χ2n) is 4.65. The molecule has 2 amide bonds. The van der Waals surface area contributed by atoms with Crippen LogP contribution in [-0.4, -0.2) is 17.1 Å². The van der Waals surface area contributed by atoms with Gasteiger partial charge >= 0.3 is 0 Å². The fourth-order valence-electron chi connectivity index (χ4n) is 2.07. The number of amides is 2. The molecule has 0 bridgehead atoms. The molecule has 21 heavy (non-hydrogen) atoms. The summed E-state index contributed by atoms with van der Waals surface area (Å²) in [5, 5.41) is 7.31. The number of anilines is 1. The van der Waals surface area contributed by atoms with Crippen molar-refractivity contribution in [3.8, 4) is 0 Å². The number of thioether (sulfide) groups is 1. The van der Waals surface area contributed by atoms with Gasteiger partial charge in [0.2, 0.25) is 11.8 Å². The Morgan fingerprint density at radius 3 is 2.90 bits per heavy atom. The Labute approximate surface area is 130 Å². The van der Waals surface area contributed by atoms with E-state index >= 15 is 0 Å². The van der Waals surface area contributed by atoms with E-state index in [2.05, 4.69) is 10.6 Å². The van der Waals surface area contributed by atoms with Crippen molar-refractivity contribution in [1.29, 1.82) is 0 Å². The lowest BCUT2D eigenvalue weighted by Gasteiger charge is -2.23. The summed E-state index contributed by atoms with van der Waals surface area (Å²) >= 11 is 3.05. The first kappa shape index (κ1) is 14.2. The van der Waals surface area contributed by atoms with E-state index in [0.29, 0.717) is 6.54 Å². The van der Waals surface area contributed by atoms with Crippen LogP contribution in [0.4, 0.5) is 5.69 Å². The van der Waals surface area contributed by atoms with Crippen LogP contribution in [0.2, 0.25) is 0 Å². The summed E-state index contributed by atoms with van der Waals surface area (Å²) in [5.41, 5.74) is 0.822. The maximum atomic E-state index is 12.0. The molecule has 1 aliphatic heterocycles. The number of para-hydroxylation sites is 1. The van der Waals surface area contributed by atoms with E-state index in [9.17, 15) is 9.59 Å². The van der Waals surface area contributed by atoms with Gasteiger partial charge in [-0.2, -0.15) is 0 Å². The van der Waals surface area contributed by atoms with Gasteiger partial charge in [-0.25, -0.2) is 0 Å². The molecule has 1 aromatic carbocycles. The molecule has 2 aromatic rings. The van der Waals surface area contributed by atoms with E-state index < -0.39 is 0 Å². The van der Waals surface area contributed by atoms with Gasteiger partial charge in [-0.05, 0) is 23.6 Å². The van der Waals surface area contributed by atoms with Gasteiger partial charge in [-0.3, -0.25) is 9.59 Å². The van der Waals surface area contributed by atoms with Gasteiger partial charge in [-0.15, -0.1) is 23.1 Å². The average Bonchev–Trinajstić information content (AvgIpc) is 2.99. The van der Waals surface area contributed by atoms with Gasteiger partial charge in [0.15, 0.2) is 0 Å². The Balaban J connectivity index is 1.57. The molecular formula is C15H14N2O2S2. The zero-order valence-electron chi connectivity index (χ0n) is 11.2. The predicted octanol–water partition coefficient (Wildman–Crippen LogP) is 2.87. The van der Waals surface area contributed by atoms with E-state index in [1.54, 1.807) is 11.3 Å². The summed E-state index contributed by atoms with van der Waals surface area (Å²) in [7, 11) is 0. The molecule has 4 nitrogen and oxygen atoms in total. The lowest BCUT2D eigenvalue weighted by Crippen LogP contribution is -2.34. The maximum absolute atomic E-state index is 12.0. The van der Waals surface area contributed by atoms with Crippen molar-refractivity contribution in [2.75, 3.05) is 5.32 Å². The number of hydrogen-bond acceptors (Lipinski definition) is 4. The number of nitrogens with one attached hydrogen (secondary N) is 2. The van der Waals surface area contributed by atoms with Gasteiger partial charge in [0.25, 0.3) is 0 Å². The Morgan fingerprint density at radius 2 is 2.10 bits per heavy atom. The van der Waals surface area contributed by atoms with Crippen molar-refractivity contribution < 1.29 is 9.59 Å². The summed E-state index contributed by atoms with van der Waals surface area (Å²) in [6, 6.07) is 11.6. The lowest BCUT2D eigenvalue weighted by atomic mass is 10.2. The maximum Gasteiger partial charge on any atom is 0.238 e. The van der Waals surface area contributed by atoms with Crippen LogP contribution in [0, 0.1) is 0 Å². The fourth-order valence-corrected chi connectivity index (χ4v) is 3.82. The number of benzene rings is 1. The summed E-state index contributed by atoms with van der Waals surface area (Å²) in [5.74, 6) is -0.208. The largest absolute Gasteiger partial charge is 0.351 e. The van der Waals surface area contributed by atoms with E-state index in [-0.39, 0.29) is 23.5 Å².